The van der Waals surface area contributed by atoms with E-state index in [0.29, 0.717) is 37.9 Å². The van der Waals surface area contributed by atoms with Crippen molar-refractivity contribution in [3.05, 3.63) is 53.9 Å². The number of ether oxygens (including phenoxy) is 2. The van der Waals surface area contributed by atoms with Gasteiger partial charge >= 0.3 is 6.03 Å². The third-order valence-corrected chi connectivity index (χ3v) is 6.85. The van der Waals surface area contributed by atoms with Crippen LogP contribution in [0.15, 0.2) is 47.8 Å². The summed E-state index contributed by atoms with van der Waals surface area (Å²) in [6.45, 7) is 1.34. The number of hydrogen-bond donors (Lipinski definition) is 2. The number of nitrogens with zero attached hydrogens (tertiary/aromatic N) is 3. The van der Waals surface area contributed by atoms with Crippen LogP contribution in [0.3, 0.4) is 0 Å². The van der Waals surface area contributed by atoms with Crippen LogP contribution in [0.1, 0.15) is 17.5 Å². The van der Waals surface area contributed by atoms with E-state index in [1.54, 1.807) is 12.3 Å². The maximum atomic E-state index is 12.8. The molecule has 2 amide bonds. The molecule has 0 unspecified atom stereocenters. The van der Waals surface area contributed by atoms with Gasteiger partial charge in [-0.3, -0.25) is 4.68 Å². The van der Waals surface area contributed by atoms with Crippen LogP contribution in [0.25, 0.3) is 11.1 Å². The van der Waals surface area contributed by atoms with Crippen LogP contribution in [0.4, 0.5) is 10.5 Å². The van der Waals surface area contributed by atoms with Crippen LogP contribution in [0.5, 0.6) is 5.88 Å². The van der Waals surface area contributed by atoms with Crippen molar-refractivity contribution in [1.29, 1.82) is 0 Å². The van der Waals surface area contributed by atoms with E-state index < -0.39 is 16.1 Å². The van der Waals surface area contributed by atoms with Gasteiger partial charge in [0.1, 0.15) is 6.61 Å². The fourth-order valence-electron chi connectivity index (χ4n) is 4.10. The lowest BCUT2D eigenvalue weighted by atomic mass is 9.98. The molecule has 10 nitrogen and oxygen atoms in total. The summed E-state index contributed by atoms with van der Waals surface area (Å²) in [4.78, 5) is 17.1. The molecule has 172 valence electrons. The molecule has 3 aromatic rings. The minimum absolute atomic E-state index is 0.237. The minimum Gasteiger partial charge on any atom is -0.475 e. The van der Waals surface area contributed by atoms with Crippen LogP contribution in [-0.4, -0.2) is 49.0 Å². The smallest absolute Gasteiger partial charge is 0.333 e. The summed E-state index contributed by atoms with van der Waals surface area (Å²) < 4.78 is 40.2. The van der Waals surface area contributed by atoms with Crippen molar-refractivity contribution >= 4 is 21.7 Å². The van der Waals surface area contributed by atoms with E-state index in [4.69, 9.17) is 9.47 Å². The number of amides is 2. The number of carbonyl (C=O) groups is 1. The predicted octanol–water partition coefficient (Wildman–Crippen LogP) is 2.35. The number of benzene rings is 1. The Morgan fingerprint density at radius 2 is 1.97 bits per heavy atom. The molecule has 1 aromatic carbocycles. The molecule has 1 aliphatic carbocycles. The summed E-state index contributed by atoms with van der Waals surface area (Å²) in [5.74, 6) is 0.437. The third-order valence-electron chi connectivity index (χ3n) is 5.63. The zero-order valence-electron chi connectivity index (χ0n) is 17.8. The van der Waals surface area contributed by atoms with Gasteiger partial charge < -0.3 is 14.8 Å². The van der Waals surface area contributed by atoms with Crippen molar-refractivity contribution in [1.82, 2.24) is 19.5 Å². The monoisotopic (exact) mass is 469 g/mol. The number of nitrogens with one attached hydrogen (secondary N) is 2. The second kappa shape index (κ2) is 8.83. The molecule has 0 fully saturated rings. The number of hydrogen-bond acceptors (Lipinski definition) is 7. The highest BCUT2D eigenvalue weighted by molar-refractivity contribution is 7.90. The first kappa shape index (κ1) is 21.4. The molecular weight excluding hydrogens is 446 g/mol. The van der Waals surface area contributed by atoms with E-state index in [2.05, 4.69) is 20.1 Å². The molecule has 2 aromatic heterocycles. The minimum atomic E-state index is -4.14. The highest BCUT2D eigenvalue weighted by Gasteiger charge is 2.24. The molecule has 4 bridgehead atoms. The molecule has 2 N–H and O–H groups in total. The molecule has 0 saturated heterocycles. The Kier molecular flexibility index (Phi) is 5.73. The van der Waals surface area contributed by atoms with Crippen LogP contribution < -0.4 is 14.8 Å². The Labute approximate surface area is 191 Å². The first-order valence-electron chi connectivity index (χ1n) is 10.7. The number of carbonyl (C=O) groups excluding carboxylic acids is 1. The van der Waals surface area contributed by atoms with Crippen LogP contribution in [-0.2, 0) is 34.1 Å². The van der Waals surface area contributed by atoms with Crippen LogP contribution in [0.2, 0.25) is 0 Å². The van der Waals surface area contributed by atoms with Gasteiger partial charge in [-0.05, 0) is 48.1 Å². The topological polar surface area (TPSA) is 124 Å². The van der Waals surface area contributed by atoms with Gasteiger partial charge in [-0.15, -0.1) is 0 Å². The van der Waals surface area contributed by atoms with Crippen molar-refractivity contribution < 1.29 is 22.7 Å². The normalized spacial score (nSPS) is 18.0. The Bertz CT molecular complexity index is 1300. The van der Waals surface area contributed by atoms with Gasteiger partial charge in [-0.1, -0.05) is 12.1 Å². The zero-order chi connectivity index (χ0) is 22.8. The molecule has 11 heteroatoms. The number of anilines is 1. The van der Waals surface area contributed by atoms with Gasteiger partial charge in [-0.2, -0.15) is 13.5 Å². The number of sulfonamides is 1. The molecule has 33 heavy (non-hydrogen) atoms. The van der Waals surface area contributed by atoms with Gasteiger partial charge in [0.2, 0.25) is 5.88 Å². The molecule has 0 radical (unpaired) electrons. The summed E-state index contributed by atoms with van der Waals surface area (Å²) in [7, 11) is -4.14. The van der Waals surface area contributed by atoms with E-state index in [1.807, 2.05) is 18.2 Å². The molecule has 0 atom stereocenters. The maximum Gasteiger partial charge on any atom is 0.333 e. The number of pyridine rings is 1. The molecule has 5 rings (SSSR count). The summed E-state index contributed by atoms with van der Waals surface area (Å²) in [6, 6.07) is 8.09. The van der Waals surface area contributed by atoms with Gasteiger partial charge in [0.15, 0.2) is 5.03 Å². The average Bonchev–Trinajstić information content (AvgIpc) is 3.46. The zero-order valence-corrected chi connectivity index (χ0v) is 18.6. The molecular formula is C22H23N5O5S. The number of rotatable bonds is 0. The van der Waals surface area contributed by atoms with E-state index in [-0.39, 0.29) is 5.03 Å². The van der Waals surface area contributed by atoms with E-state index >= 15 is 0 Å². The summed E-state index contributed by atoms with van der Waals surface area (Å²) >= 11 is 0. The Balaban J connectivity index is 1.54. The van der Waals surface area contributed by atoms with Gasteiger partial charge in [0.05, 0.1) is 25.4 Å². The SMILES string of the molecule is O=C1Nc2c(ccc3c2CCC3)-c2ccnc(c2)OCCOCCn2ccc(n2)S(=O)(=O)N1. The van der Waals surface area contributed by atoms with Crippen molar-refractivity contribution in [3.8, 4) is 17.0 Å². The fourth-order valence-corrected chi connectivity index (χ4v) is 4.95. The molecule has 3 heterocycles. The number of fused-ring (bicyclic) bond motifs is 8. The Morgan fingerprint density at radius 1 is 1.06 bits per heavy atom. The van der Waals surface area contributed by atoms with Gasteiger partial charge in [0.25, 0.3) is 10.0 Å². The van der Waals surface area contributed by atoms with Crippen molar-refractivity contribution in [2.45, 2.75) is 30.8 Å². The van der Waals surface area contributed by atoms with E-state index in [1.165, 1.54) is 16.9 Å². The van der Waals surface area contributed by atoms with Gasteiger partial charge in [-0.25, -0.2) is 14.5 Å². The van der Waals surface area contributed by atoms with Gasteiger partial charge in [0, 0.05) is 24.0 Å². The van der Waals surface area contributed by atoms with E-state index in [9.17, 15) is 13.2 Å². The summed E-state index contributed by atoms with van der Waals surface area (Å²) in [5, 5.41) is 6.59. The van der Waals surface area contributed by atoms with E-state index in [0.717, 1.165) is 41.5 Å². The lowest BCUT2D eigenvalue weighted by molar-refractivity contribution is 0.0910. The summed E-state index contributed by atoms with van der Waals surface area (Å²) in [5.41, 5.74) is 4.29. The Hall–Kier alpha value is -3.44. The van der Waals surface area contributed by atoms with Crippen molar-refractivity contribution in [3.63, 3.8) is 0 Å². The maximum absolute atomic E-state index is 12.8. The third kappa shape index (κ3) is 4.55. The average molecular weight is 470 g/mol. The number of aromatic nitrogens is 3. The predicted molar refractivity (Wildman–Crippen MR) is 120 cm³/mol. The Morgan fingerprint density at radius 3 is 2.88 bits per heavy atom. The highest BCUT2D eigenvalue weighted by Crippen LogP contribution is 2.38. The molecule has 2 aliphatic rings. The standard InChI is InChI=1S/C22H23N5O5S/c28-22-24-21-17-3-1-2-15(17)4-5-18(21)16-6-8-23-19(14-16)32-13-12-31-11-10-27-9-7-20(25-27)33(29,30)26-22/h4-9,14H,1-3,10-13H2,(H2,24,26,28). The molecule has 1 aliphatic heterocycles. The quantitative estimate of drug-likeness (QED) is 0.518. The first-order valence-corrected chi connectivity index (χ1v) is 12.2. The second-order valence-electron chi connectivity index (χ2n) is 7.80. The van der Waals surface area contributed by atoms with Crippen molar-refractivity contribution in [2.24, 2.45) is 0 Å². The highest BCUT2D eigenvalue weighted by atomic mass is 32.2. The van der Waals surface area contributed by atoms with Crippen LogP contribution >= 0.6 is 0 Å². The largest absolute Gasteiger partial charge is 0.475 e. The number of aryl methyl sites for hydroxylation is 1. The number of urea groups is 1. The second-order valence-corrected chi connectivity index (χ2v) is 9.43. The van der Waals surface area contributed by atoms with Crippen LogP contribution in [0, 0.1) is 0 Å². The lowest BCUT2D eigenvalue weighted by Crippen LogP contribution is -2.35. The lowest BCUT2D eigenvalue weighted by Gasteiger charge is -2.17. The first-order chi connectivity index (χ1) is 16.0. The summed E-state index contributed by atoms with van der Waals surface area (Å²) in [6.07, 6.45) is 5.83. The van der Waals surface area contributed by atoms with Crippen molar-refractivity contribution in [2.75, 3.05) is 25.1 Å². The molecule has 0 spiro atoms. The fraction of sp³-hybridized carbons (Fsp3) is 0.318. The molecule has 0 saturated carbocycles.